The lowest BCUT2D eigenvalue weighted by molar-refractivity contribution is -0.139. The van der Waals surface area contributed by atoms with Gasteiger partial charge in [0.1, 0.15) is 0 Å². The Bertz CT molecular complexity index is 239. The predicted molar refractivity (Wildman–Crippen MR) is 65.0 cm³/mol. The zero-order valence-corrected chi connectivity index (χ0v) is 11.0. The molecule has 0 aromatic carbocycles. The minimum absolute atomic E-state index is 0.00759. The average Bonchev–Trinajstić information content (AvgIpc) is 2.22. The first-order valence-corrected chi connectivity index (χ1v) is 6.00. The number of nitrogens with zero attached hydrogens (tertiary/aromatic N) is 1. The second kappa shape index (κ2) is 7.25. The zero-order chi connectivity index (χ0) is 12.7. The van der Waals surface area contributed by atoms with E-state index in [1.54, 1.807) is 4.90 Å². The Morgan fingerprint density at radius 1 is 1.19 bits per heavy atom. The Hall–Kier alpha value is -1.06. The summed E-state index contributed by atoms with van der Waals surface area (Å²) in [5, 5.41) is 2.79. The van der Waals surface area contributed by atoms with Gasteiger partial charge < -0.3 is 10.2 Å². The van der Waals surface area contributed by atoms with E-state index >= 15 is 0 Å². The summed E-state index contributed by atoms with van der Waals surface area (Å²) in [6, 6.07) is 0.116. The summed E-state index contributed by atoms with van der Waals surface area (Å²) < 4.78 is 0. The molecule has 2 amide bonds. The number of nitrogens with one attached hydrogen (secondary N) is 1. The molecule has 0 aliphatic carbocycles. The molecule has 0 aliphatic rings. The van der Waals surface area contributed by atoms with Gasteiger partial charge in [0, 0.05) is 18.5 Å². The van der Waals surface area contributed by atoms with E-state index in [0.717, 1.165) is 6.42 Å². The third-order valence-corrected chi connectivity index (χ3v) is 2.51. The Balaban J connectivity index is 4.29. The number of amides is 2. The minimum Gasteiger partial charge on any atom is -0.352 e. The van der Waals surface area contributed by atoms with Crippen molar-refractivity contribution in [2.75, 3.05) is 13.1 Å². The minimum atomic E-state index is -0.0893. The predicted octanol–water partition coefficient (Wildman–Crippen LogP) is 1.41. The van der Waals surface area contributed by atoms with Gasteiger partial charge in [0.05, 0.1) is 6.54 Å². The van der Waals surface area contributed by atoms with Crippen LogP contribution in [-0.4, -0.2) is 35.8 Å². The highest BCUT2D eigenvalue weighted by molar-refractivity contribution is 5.85. The summed E-state index contributed by atoms with van der Waals surface area (Å²) in [4.78, 5) is 25.0. The summed E-state index contributed by atoms with van der Waals surface area (Å²) in [6.45, 7) is 10.3. The van der Waals surface area contributed by atoms with Gasteiger partial charge in [-0.1, -0.05) is 13.8 Å². The van der Waals surface area contributed by atoms with Crippen LogP contribution in [0, 0.1) is 5.92 Å². The van der Waals surface area contributed by atoms with E-state index in [1.165, 1.54) is 0 Å². The Morgan fingerprint density at radius 3 is 2.12 bits per heavy atom. The molecule has 0 saturated heterocycles. The van der Waals surface area contributed by atoms with Crippen LogP contribution in [0.3, 0.4) is 0 Å². The Kier molecular flexibility index (Phi) is 6.77. The highest BCUT2D eigenvalue weighted by Gasteiger charge is 2.20. The van der Waals surface area contributed by atoms with Gasteiger partial charge >= 0.3 is 0 Å². The highest BCUT2D eigenvalue weighted by atomic mass is 16.2. The van der Waals surface area contributed by atoms with E-state index in [2.05, 4.69) is 5.32 Å². The molecule has 16 heavy (non-hydrogen) atoms. The largest absolute Gasteiger partial charge is 0.352 e. The van der Waals surface area contributed by atoms with Crippen molar-refractivity contribution >= 4 is 11.8 Å². The molecule has 0 aromatic heterocycles. The molecular weight excluding hydrogens is 204 g/mol. The summed E-state index contributed by atoms with van der Waals surface area (Å²) in [7, 11) is 0. The number of likely N-dealkylation sites (N-methyl/N-ethyl adjacent to an activating group) is 1. The van der Waals surface area contributed by atoms with Crippen LogP contribution in [0.1, 0.15) is 41.0 Å². The van der Waals surface area contributed by atoms with Gasteiger partial charge in [-0.25, -0.2) is 0 Å². The molecule has 0 fully saturated rings. The quantitative estimate of drug-likeness (QED) is 0.747. The van der Waals surface area contributed by atoms with Crippen molar-refractivity contribution < 1.29 is 9.59 Å². The van der Waals surface area contributed by atoms with E-state index < -0.39 is 0 Å². The van der Waals surface area contributed by atoms with Crippen molar-refractivity contribution in [1.82, 2.24) is 10.2 Å². The smallest absolute Gasteiger partial charge is 0.239 e. The molecule has 1 N–H and O–H groups in total. The molecule has 0 spiro atoms. The van der Waals surface area contributed by atoms with Gasteiger partial charge in [-0.2, -0.15) is 0 Å². The van der Waals surface area contributed by atoms with Crippen LogP contribution < -0.4 is 5.32 Å². The van der Waals surface area contributed by atoms with Gasteiger partial charge in [0.2, 0.25) is 11.8 Å². The first-order valence-electron chi connectivity index (χ1n) is 6.00. The van der Waals surface area contributed by atoms with Crippen molar-refractivity contribution in [3.8, 4) is 0 Å². The zero-order valence-electron chi connectivity index (χ0n) is 11.0. The van der Waals surface area contributed by atoms with Crippen molar-refractivity contribution in [1.29, 1.82) is 0 Å². The van der Waals surface area contributed by atoms with Crippen LogP contribution in [0.2, 0.25) is 0 Å². The van der Waals surface area contributed by atoms with Crippen LogP contribution in [0.15, 0.2) is 0 Å². The molecule has 4 nitrogen and oxygen atoms in total. The lowest BCUT2D eigenvalue weighted by Gasteiger charge is -2.23. The third-order valence-electron chi connectivity index (χ3n) is 2.51. The van der Waals surface area contributed by atoms with E-state index in [0.29, 0.717) is 6.54 Å². The monoisotopic (exact) mass is 228 g/mol. The molecule has 4 heteroatoms. The van der Waals surface area contributed by atoms with Gasteiger partial charge in [0.25, 0.3) is 0 Å². The number of carbonyl (C=O) groups is 2. The van der Waals surface area contributed by atoms with Crippen molar-refractivity contribution in [2.45, 2.75) is 47.1 Å². The molecule has 1 unspecified atom stereocenters. The SMILES string of the molecule is CCC(C)C(=O)N(CC)CC(=O)NC(C)C. The van der Waals surface area contributed by atoms with Crippen LogP contribution in [0.5, 0.6) is 0 Å². The maximum absolute atomic E-state index is 11.9. The third kappa shape index (κ3) is 5.14. The summed E-state index contributed by atoms with van der Waals surface area (Å²) in [5.41, 5.74) is 0. The van der Waals surface area contributed by atoms with Gasteiger partial charge in [-0.05, 0) is 27.2 Å². The van der Waals surface area contributed by atoms with E-state index in [1.807, 2.05) is 34.6 Å². The van der Waals surface area contributed by atoms with Crippen molar-refractivity contribution in [3.63, 3.8) is 0 Å². The van der Waals surface area contributed by atoms with Crippen LogP contribution >= 0.6 is 0 Å². The van der Waals surface area contributed by atoms with Crippen LogP contribution in [0.4, 0.5) is 0 Å². The topological polar surface area (TPSA) is 49.4 Å². The molecule has 0 heterocycles. The molecule has 0 rings (SSSR count). The molecular formula is C12H24N2O2. The second-order valence-corrected chi connectivity index (χ2v) is 4.38. The molecule has 1 atom stereocenters. The normalized spacial score (nSPS) is 12.4. The lowest BCUT2D eigenvalue weighted by atomic mass is 10.1. The Labute approximate surface area is 98.4 Å². The molecule has 0 aliphatic heterocycles. The summed E-state index contributed by atoms with van der Waals surface area (Å²) >= 11 is 0. The number of carbonyl (C=O) groups excluding carboxylic acids is 2. The maximum atomic E-state index is 11.9. The average molecular weight is 228 g/mol. The fourth-order valence-corrected chi connectivity index (χ4v) is 1.37. The second-order valence-electron chi connectivity index (χ2n) is 4.38. The van der Waals surface area contributed by atoms with Crippen LogP contribution in [0.25, 0.3) is 0 Å². The van der Waals surface area contributed by atoms with Crippen molar-refractivity contribution in [3.05, 3.63) is 0 Å². The Morgan fingerprint density at radius 2 is 1.75 bits per heavy atom. The highest BCUT2D eigenvalue weighted by Crippen LogP contribution is 2.06. The maximum Gasteiger partial charge on any atom is 0.239 e. The van der Waals surface area contributed by atoms with Crippen LogP contribution in [-0.2, 0) is 9.59 Å². The fourth-order valence-electron chi connectivity index (χ4n) is 1.37. The van der Waals surface area contributed by atoms with E-state index in [-0.39, 0.29) is 30.3 Å². The molecule has 0 aromatic rings. The molecule has 94 valence electrons. The molecule has 0 bridgehead atoms. The molecule has 0 radical (unpaired) electrons. The summed E-state index contributed by atoms with van der Waals surface area (Å²) in [6.07, 6.45) is 0.807. The van der Waals surface area contributed by atoms with E-state index in [4.69, 9.17) is 0 Å². The molecule has 0 saturated carbocycles. The van der Waals surface area contributed by atoms with Crippen molar-refractivity contribution in [2.24, 2.45) is 5.92 Å². The summed E-state index contributed by atoms with van der Waals surface area (Å²) in [5.74, 6) is -0.0378. The number of rotatable bonds is 6. The van der Waals surface area contributed by atoms with Gasteiger partial charge in [-0.3, -0.25) is 9.59 Å². The van der Waals surface area contributed by atoms with Gasteiger partial charge in [-0.15, -0.1) is 0 Å². The first-order chi connectivity index (χ1) is 7.42. The number of hydrogen-bond acceptors (Lipinski definition) is 2. The fraction of sp³-hybridized carbons (Fsp3) is 0.833. The van der Waals surface area contributed by atoms with Gasteiger partial charge in [0.15, 0.2) is 0 Å². The first kappa shape index (κ1) is 14.9. The lowest BCUT2D eigenvalue weighted by Crippen LogP contribution is -2.44. The van der Waals surface area contributed by atoms with E-state index in [9.17, 15) is 9.59 Å². The number of hydrogen-bond donors (Lipinski definition) is 1. The standard InChI is InChI=1S/C12H24N2O2/c1-6-10(5)12(16)14(7-2)8-11(15)13-9(3)4/h9-10H,6-8H2,1-5H3,(H,13,15).